The highest BCUT2D eigenvalue weighted by atomic mass is 19.1. The minimum Gasteiger partial charge on any atom is -0.491 e. The Morgan fingerprint density at radius 2 is 2.00 bits per heavy atom. The molecule has 0 aromatic heterocycles. The largest absolute Gasteiger partial charge is 0.491 e. The van der Waals surface area contributed by atoms with E-state index in [4.69, 9.17) is 15.2 Å². The number of halogens is 1. The van der Waals surface area contributed by atoms with Gasteiger partial charge in [0.15, 0.2) is 11.6 Å². The number of benzene rings is 1. The van der Waals surface area contributed by atoms with Gasteiger partial charge in [-0.2, -0.15) is 0 Å². The van der Waals surface area contributed by atoms with Gasteiger partial charge in [-0.1, -0.05) is 0 Å². The number of ether oxygens (including phenoxy) is 2. The van der Waals surface area contributed by atoms with E-state index in [0.717, 1.165) is 0 Å². The van der Waals surface area contributed by atoms with Crippen LogP contribution in [0, 0.1) is 5.82 Å². The van der Waals surface area contributed by atoms with Crippen LogP contribution >= 0.6 is 0 Å². The number of anilines is 1. The summed E-state index contributed by atoms with van der Waals surface area (Å²) in [5.41, 5.74) is 4.65. The highest BCUT2D eigenvalue weighted by Gasteiger charge is 2.25. The van der Waals surface area contributed by atoms with Crippen LogP contribution in [-0.4, -0.2) is 18.2 Å². The molecule has 0 fully saturated rings. The van der Waals surface area contributed by atoms with Crippen LogP contribution in [0.5, 0.6) is 5.75 Å². The summed E-state index contributed by atoms with van der Waals surface area (Å²) >= 11 is 0. The molecule has 0 aliphatic heterocycles. The first kappa shape index (κ1) is 14.3. The van der Waals surface area contributed by atoms with Gasteiger partial charge in [0, 0.05) is 5.69 Å². The smallest absolute Gasteiger partial charge is 0.343 e. The molecule has 18 heavy (non-hydrogen) atoms. The SMILES string of the molecule is CCOc1ccc(N)c(C(=O)OC(C)(C)C)c1F. The standard InChI is InChI=1S/C13H18FNO3/c1-5-17-9-7-6-8(15)10(11(9)14)12(16)18-13(2,3)4/h6-7H,5,15H2,1-4H3. The van der Waals surface area contributed by atoms with Crippen molar-refractivity contribution in [2.24, 2.45) is 0 Å². The second-order valence-corrected chi connectivity index (χ2v) is 4.78. The van der Waals surface area contributed by atoms with Crippen LogP contribution in [0.25, 0.3) is 0 Å². The van der Waals surface area contributed by atoms with Gasteiger partial charge in [0.1, 0.15) is 11.2 Å². The Morgan fingerprint density at radius 1 is 1.39 bits per heavy atom. The Morgan fingerprint density at radius 3 is 2.50 bits per heavy atom. The Bertz CT molecular complexity index is 452. The summed E-state index contributed by atoms with van der Waals surface area (Å²) in [7, 11) is 0. The van der Waals surface area contributed by atoms with Crippen molar-refractivity contribution in [2.45, 2.75) is 33.3 Å². The summed E-state index contributed by atoms with van der Waals surface area (Å²) in [6, 6.07) is 2.81. The molecule has 1 rings (SSSR count). The zero-order valence-electron chi connectivity index (χ0n) is 11.0. The number of nitrogen functional groups attached to an aromatic ring is 1. The molecular weight excluding hydrogens is 237 g/mol. The molecule has 0 spiro atoms. The van der Waals surface area contributed by atoms with E-state index in [1.807, 2.05) is 0 Å². The predicted molar refractivity (Wildman–Crippen MR) is 67.1 cm³/mol. The lowest BCUT2D eigenvalue weighted by Gasteiger charge is -2.20. The van der Waals surface area contributed by atoms with Crippen LogP contribution in [0.1, 0.15) is 38.1 Å². The van der Waals surface area contributed by atoms with Crippen molar-refractivity contribution in [3.63, 3.8) is 0 Å². The van der Waals surface area contributed by atoms with E-state index in [0.29, 0.717) is 6.61 Å². The van der Waals surface area contributed by atoms with Crippen molar-refractivity contribution < 1.29 is 18.7 Å². The van der Waals surface area contributed by atoms with Crippen molar-refractivity contribution in [1.82, 2.24) is 0 Å². The number of esters is 1. The van der Waals surface area contributed by atoms with Crippen molar-refractivity contribution in [3.05, 3.63) is 23.5 Å². The molecule has 1 aromatic rings. The van der Waals surface area contributed by atoms with Gasteiger partial charge in [-0.25, -0.2) is 9.18 Å². The lowest BCUT2D eigenvalue weighted by atomic mass is 10.1. The van der Waals surface area contributed by atoms with Crippen LogP contribution < -0.4 is 10.5 Å². The van der Waals surface area contributed by atoms with Gasteiger partial charge in [0.05, 0.1) is 6.61 Å². The van der Waals surface area contributed by atoms with Crippen molar-refractivity contribution >= 4 is 11.7 Å². The van der Waals surface area contributed by atoms with Gasteiger partial charge in [-0.3, -0.25) is 0 Å². The third kappa shape index (κ3) is 3.35. The van der Waals surface area contributed by atoms with Crippen molar-refractivity contribution in [1.29, 1.82) is 0 Å². The molecule has 0 aliphatic carbocycles. The van der Waals surface area contributed by atoms with Crippen LogP contribution in [0.2, 0.25) is 0 Å². The van der Waals surface area contributed by atoms with E-state index in [1.165, 1.54) is 12.1 Å². The fourth-order valence-electron chi connectivity index (χ4n) is 1.38. The lowest BCUT2D eigenvalue weighted by Crippen LogP contribution is -2.25. The Balaban J connectivity index is 3.14. The zero-order chi connectivity index (χ0) is 13.9. The Hall–Kier alpha value is -1.78. The van der Waals surface area contributed by atoms with Gasteiger partial charge < -0.3 is 15.2 Å². The maximum Gasteiger partial charge on any atom is 0.343 e. The number of nitrogens with two attached hydrogens (primary N) is 1. The Kier molecular flexibility index (Phi) is 4.16. The number of carbonyl (C=O) groups excluding carboxylic acids is 1. The summed E-state index contributed by atoms with van der Waals surface area (Å²) in [4.78, 5) is 11.9. The van der Waals surface area contributed by atoms with Crippen molar-refractivity contribution in [2.75, 3.05) is 12.3 Å². The molecule has 0 radical (unpaired) electrons. The van der Waals surface area contributed by atoms with E-state index in [9.17, 15) is 9.18 Å². The molecule has 0 aliphatic rings. The number of hydrogen-bond acceptors (Lipinski definition) is 4. The predicted octanol–water partition coefficient (Wildman–Crippen LogP) is 2.76. The number of carbonyl (C=O) groups is 1. The summed E-state index contributed by atoms with van der Waals surface area (Å²) in [5.74, 6) is -1.59. The molecule has 100 valence electrons. The minimum atomic E-state index is -0.793. The molecule has 0 saturated heterocycles. The van der Waals surface area contributed by atoms with Gasteiger partial charge in [-0.05, 0) is 39.8 Å². The molecular formula is C13H18FNO3. The van der Waals surface area contributed by atoms with Gasteiger partial charge >= 0.3 is 5.97 Å². The second-order valence-electron chi connectivity index (χ2n) is 4.78. The molecule has 2 N–H and O–H groups in total. The molecule has 0 heterocycles. The number of rotatable bonds is 3. The van der Waals surface area contributed by atoms with Crippen LogP contribution in [0.4, 0.5) is 10.1 Å². The molecule has 1 aromatic carbocycles. The third-order valence-corrected chi connectivity index (χ3v) is 2.04. The van der Waals surface area contributed by atoms with E-state index in [1.54, 1.807) is 27.7 Å². The first-order valence-corrected chi connectivity index (χ1v) is 5.70. The third-order valence-electron chi connectivity index (χ3n) is 2.04. The Labute approximate surface area is 106 Å². The molecule has 4 nitrogen and oxygen atoms in total. The first-order valence-electron chi connectivity index (χ1n) is 5.70. The normalized spacial score (nSPS) is 11.2. The highest BCUT2D eigenvalue weighted by molar-refractivity contribution is 5.96. The molecule has 5 heteroatoms. The number of hydrogen-bond donors (Lipinski definition) is 1. The highest BCUT2D eigenvalue weighted by Crippen LogP contribution is 2.27. The minimum absolute atomic E-state index is 0.00689. The summed E-state index contributed by atoms with van der Waals surface area (Å²) < 4.78 is 24.2. The second kappa shape index (κ2) is 5.25. The average Bonchev–Trinajstić information content (AvgIpc) is 2.20. The molecule has 0 atom stereocenters. The van der Waals surface area contributed by atoms with Crippen LogP contribution in [0.3, 0.4) is 0 Å². The fraction of sp³-hybridized carbons (Fsp3) is 0.462. The average molecular weight is 255 g/mol. The van der Waals surface area contributed by atoms with E-state index >= 15 is 0 Å². The van der Waals surface area contributed by atoms with Gasteiger partial charge in [0.2, 0.25) is 0 Å². The monoisotopic (exact) mass is 255 g/mol. The summed E-state index contributed by atoms with van der Waals surface area (Å²) in [5, 5.41) is 0. The summed E-state index contributed by atoms with van der Waals surface area (Å²) in [6.45, 7) is 7.12. The maximum atomic E-state index is 14.0. The van der Waals surface area contributed by atoms with Crippen LogP contribution in [0.15, 0.2) is 12.1 Å². The van der Waals surface area contributed by atoms with Crippen LogP contribution in [-0.2, 0) is 4.74 Å². The van der Waals surface area contributed by atoms with Gasteiger partial charge in [0.25, 0.3) is 0 Å². The van der Waals surface area contributed by atoms with E-state index in [2.05, 4.69) is 0 Å². The molecule has 0 saturated carbocycles. The molecule has 0 bridgehead atoms. The lowest BCUT2D eigenvalue weighted by molar-refractivity contribution is 0.00652. The van der Waals surface area contributed by atoms with E-state index in [-0.39, 0.29) is 17.0 Å². The van der Waals surface area contributed by atoms with Gasteiger partial charge in [-0.15, -0.1) is 0 Å². The molecule has 0 unspecified atom stereocenters. The maximum absolute atomic E-state index is 14.0. The first-order chi connectivity index (χ1) is 8.26. The van der Waals surface area contributed by atoms with Crippen molar-refractivity contribution in [3.8, 4) is 5.75 Å². The fourth-order valence-corrected chi connectivity index (χ4v) is 1.38. The zero-order valence-corrected chi connectivity index (χ0v) is 11.0. The topological polar surface area (TPSA) is 61.5 Å². The quantitative estimate of drug-likeness (QED) is 0.666. The van der Waals surface area contributed by atoms with E-state index < -0.39 is 17.4 Å². The summed E-state index contributed by atoms with van der Waals surface area (Å²) in [6.07, 6.45) is 0. The molecule has 0 amide bonds.